The van der Waals surface area contributed by atoms with Gasteiger partial charge in [0.25, 0.3) is 0 Å². The van der Waals surface area contributed by atoms with Crippen molar-refractivity contribution >= 4 is 11.8 Å². The molecular formula is C10H10N2O3. The zero-order valence-electron chi connectivity index (χ0n) is 8.15. The van der Waals surface area contributed by atoms with Gasteiger partial charge in [-0.05, 0) is 6.07 Å². The van der Waals surface area contributed by atoms with E-state index in [4.69, 9.17) is 10.8 Å². The first kappa shape index (κ1) is 11.0. The number of hydrogen-bond donors (Lipinski definition) is 2. The van der Waals surface area contributed by atoms with Gasteiger partial charge in [-0.15, -0.1) is 0 Å². The van der Waals surface area contributed by atoms with Gasteiger partial charge in [-0.2, -0.15) is 0 Å². The van der Waals surface area contributed by atoms with E-state index < -0.39 is 5.97 Å². The number of ether oxygens (including phenoxy) is 1. The van der Waals surface area contributed by atoms with Gasteiger partial charge in [-0.25, -0.2) is 9.78 Å². The van der Waals surface area contributed by atoms with E-state index >= 15 is 0 Å². The summed E-state index contributed by atoms with van der Waals surface area (Å²) in [5, 5.41) is 8.91. The molecule has 5 nitrogen and oxygen atoms in total. The summed E-state index contributed by atoms with van der Waals surface area (Å²) < 4.78 is 4.35. The van der Waals surface area contributed by atoms with Gasteiger partial charge in [0.05, 0.1) is 13.7 Å². The first-order valence-corrected chi connectivity index (χ1v) is 4.12. The Bertz CT molecular complexity index is 432. The van der Waals surface area contributed by atoms with Crippen LogP contribution in [-0.4, -0.2) is 23.2 Å². The van der Waals surface area contributed by atoms with Crippen LogP contribution in [0.2, 0.25) is 0 Å². The Balaban J connectivity index is 2.95. The molecule has 0 aliphatic carbocycles. The molecule has 0 amide bonds. The summed E-state index contributed by atoms with van der Waals surface area (Å²) in [6.45, 7) is -0.216. The van der Waals surface area contributed by atoms with Gasteiger partial charge >= 0.3 is 5.97 Å². The number of esters is 1. The average Bonchev–Trinajstić information content (AvgIpc) is 2.27. The molecule has 0 aromatic carbocycles. The number of pyridine rings is 1. The SMILES string of the molecule is COC(=O)C#Cc1cnc(N)c(CO)c1. The monoisotopic (exact) mass is 206 g/mol. The molecular weight excluding hydrogens is 196 g/mol. The van der Waals surface area contributed by atoms with Crippen molar-refractivity contribution in [1.29, 1.82) is 0 Å². The molecule has 0 saturated carbocycles. The predicted molar refractivity (Wildman–Crippen MR) is 53.5 cm³/mol. The molecule has 0 bridgehead atoms. The fraction of sp³-hybridized carbons (Fsp3) is 0.200. The lowest BCUT2D eigenvalue weighted by Gasteiger charge is -2.00. The van der Waals surface area contributed by atoms with E-state index in [-0.39, 0.29) is 12.4 Å². The van der Waals surface area contributed by atoms with Gasteiger partial charge in [-0.1, -0.05) is 5.92 Å². The minimum atomic E-state index is -0.627. The Morgan fingerprint density at radius 2 is 2.47 bits per heavy atom. The van der Waals surface area contributed by atoms with Crippen LogP contribution in [0.15, 0.2) is 12.3 Å². The Hall–Kier alpha value is -2.06. The second-order valence-electron chi connectivity index (χ2n) is 2.67. The lowest BCUT2D eigenvalue weighted by Crippen LogP contribution is -1.99. The molecule has 1 rings (SSSR count). The molecule has 5 heteroatoms. The third-order valence-corrected chi connectivity index (χ3v) is 1.67. The van der Waals surface area contributed by atoms with Crippen LogP contribution in [-0.2, 0) is 16.1 Å². The molecule has 3 N–H and O–H groups in total. The number of nitrogen functional groups attached to an aromatic ring is 1. The molecule has 0 fully saturated rings. The Morgan fingerprint density at radius 1 is 1.73 bits per heavy atom. The van der Waals surface area contributed by atoms with Gasteiger partial charge < -0.3 is 15.6 Å². The van der Waals surface area contributed by atoms with Crippen LogP contribution in [0.25, 0.3) is 0 Å². The highest BCUT2D eigenvalue weighted by Gasteiger charge is 1.99. The van der Waals surface area contributed by atoms with Gasteiger partial charge in [0.1, 0.15) is 5.82 Å². The van der Waals surface area contributed by atoms with Crippen molar-refractivity contribution in [3.63, 3.8) is 0 Å². The van der Waals surface area contributed by atoms with Crippen molar-refractivity contribution in [3.8, 4) is 11.8 Å². The molecule has 15 heavy (non-hydrogen) atoms. The highest BCUT2D eigenvalue weighted by molar-refractivity contribution is 5.89. The number of aromatic nitrogens is 1. The smallest absolute Gasteiger partial charge is 0.384 e. The maximum atomic E-state index is 10.7. The first-order chi connectivity index (χ1) is 7.17. The van der Waals surface area contributed by atoms with Crippen LogP contribution < -0.4 is 5.73 Å². The van der Waals surface area contributed by atoms with E-state index in [0.717, 1.165) is 0 Å². The fourth-order valence-electron chi connectivity index (χ4n) is 0.890. The summed E-state index contributed by atoms with van der Waals surface area (Å²) >= 11 is 0. The van der Waals surface area contributed by atoms with Gasteiger partial charge in [0.15, 0.2) is 0 Å². The molecule has 0 aliphatic heterocycles. The number of hydrogen-bond acceptors (Lipinski definition) is 5. The van der Waals surface area contributed by atoms with Crippen LogP contribution in [0.1, 0.15) is 11.1 Å². The number of aliphatic hydroxyl groups excluding tert-OH is 1. The van der Waals surface area contributed by atoms with Crippen LogP contribution >= 0.6 is 0 Å². The van der Waals surface area contributed by atoms with E-state index in [0.29, 0.717) is 11.1 Å². The average molecular weight is 206 g/mol. The summed E-state index contributed by atoms with van der Waals surface area (Å²) in [5.41, 5.74) is 6.45. The molecule has 0 atom stereocenters. The van der Waals surface area contributed by atoms with Crippen molar-refractivity contribution < 1.29 is 14.6 Å². The standard InChI is InChI=1S/C10H10N2O3/c1-15-9(14)3-2-7-4-8(6-13)10(11)12-5-7/h4-5,13H,6H2,1H3,(H2,11,12). The van der Waals surface area contributed by atoms with E-state index in [1.165, 1.54) is 13.3 Å². The summed E-state index contributed by atoms with van der Waals surface area (Å²) in [6.07, 6.45) is 1.42. The largest absolute Gasteiger partial charge is 0.459 e. The van der Waals surface area contributed by atoms with Crippen LogP contribution in [0, 0.1) is 11.8 Å². The van der Waals surface area contributed by atoms with Crippen molar-refractivity contribution in [1.82, 2.24) is 4.98 Å². The van der Waals surface area contributed by atoms with Crippen molar-refractivity contribution in [2.24, 2.45) is 0 Å². The van der Waals surface area contributed by atoms with Gasteiger partial charge in [0.2, 0.25) is 0 Å². The number of anilines is 1. The second kappa shape index (κ2) is 4.98. The minimum absolute atomic E-state index is 0.216. The molecule has 1 aromatic rings. The molecule has 0 spiro atoms. The lowest BCUT2D eigenvalue weighted by atomic mass is 10.2. The molecule has 0 unspecified atom stereocenters. The number of methoxy groups -OCH3 is 1. The number of carbonyl (C=O) groups excluding carboxylic acids is 1. The molecule has 0 radical (unpaired) electrons. The van der Waals surface area contributed by atoms with Crippen LogP contribution in [0.3, 0.4) is 0 Å². The fourth-order valence-corrected chi connectivity index (χ4v) is 0.890. The highest BCUT2D eigenvalue weighted by Crippen LogP contribution is 2.09. The quantitative estimate of drug-likeness (QED) is 0.486. The summed E-state index contributed by atoms with van der Waals surface area (Å²) in [5.74, 6) is 4.41. The predicted octanol–water partition coefficient (Wildman–Crippen LogP) is -0.319. The molecule has 0 aliphatic rings. The zero-order chi connectivity index (χ0) is 11.3. The summed E-state index contributed by atoms with van der Waals surface area (Å²) in [7, 11) is 1.25. The number of carbonyl (C=O) groups is 1. The number of nitrogens with two attached hydrogens (primary N) is 1. The maximum Gasteiger partial charge on any atom is 0.384 e. The Kier molecular flexibility index (Phi) is 3.66. The van der Waals surface area contributed by atoms with Gasteiger partial charge in [-0.3, -0.25) is 0 Å². The van der Waals surface area contributed by atoms with Crippen molar-refractivity contribution in [2.45, 2.75) is 6.61 Å². The van der Waals surface area contributed by atoms with Crippen molar-refractivity contribution in [3.05, 3.63) is 23.4 Å². The summed E-state index contributed by atoms with van der Waals surface area (Å²) in [4.78, 5) is 14.5. The third kappa shape index (κ3) is 2.97. The first-order valence-electron chi connectivity index (χ1n) is 4.12. The van der Waals surface area contributed by atoms with Crippen LogP contribution in [0.4, 0.5) is 5.82 Å². The number of rotatable bonds is 1. The molecule has 1 heterocycles. The Morgan fingerprint density at radius 3 is 3.07 bits per heavy atom. The van der Waals surface area contributed by atoms with Crippen molar-refractivity contribution in [2.75, 3.05) is 12.8 Å². The van der Waals surface area contributed by atoms with E-state index in [9.17, 15) is 4.79 Å². The normalized spacial score (nSPS) is 8.93. The Labute approximate surface area is 86.9 Å². The molecule has 0 saturated heterocycles. The molecule has 78 valence electrons. The lowest BCUT2D eigenvalue weighted by molar-refractivity contribution is -0.133. The summed E-state index contributed by atoms with van der Waals surface area (Å²) in [6, 6.07) is 1.57. The topological polar surface area (TPSA) is 85.4 Å². The number of aliphatic hydroxyl groups is 1. The number of nitrogens with zero attached hydrogens (tertiary/aromatic N) is 1. The third-order valence-electron chi connectivity index (χ3n) is 1.67. The second-order valence-corrected chi connectivity index (χ2v) is 2.67. The zero-order valence-corrected chi connectivity index (χ0v) is 8.15. The van der Waals surface area contributed by atoms with E-state index in [2.05, 4.69) is 21.6 Å². The van der Waals surface area contributed by atoms with E-state index in [1.54, 1.807) is 6.07 Å². The van der Waals surface area contributed by atoms with Gasteiger partial charge in [0, 0.05) is 23.2 Å². The van der Waals surface area contributed by atoms with Crippen LogP contribution in [0.5, 0.6) is 0 Å². The minimum Gasteiger partial charge on any atom is -0.459 e. The highest BCUT2D eigenvalue weighted by atomic mass is 16.5. The molecule has 1 aromatic heterocycles. The van der Waals surface area contributed by atoms with E-state index in [1.807, 2.05) is 0 Å². The maximum absolute atomic E-state index is 10.7.